The van der Waals surface area contributed by atoms with Crippen LogP contribution in [0, 0.1) is 11.8 Å². The van der Waals surface area contributed by atoms with Crippen LogP contribution in [0.2, 0.25) is 0 Å². The van der Waals surface area contributed by atoms with Crippen molar-refractivity contribution in [1.29, 1.82) is 0 Å². The summed E-state index contributed by atoms with van der Waals surface area (Å²) in [6.07, 6.45) is 1.81. The smallest absolute Gasteiger partial charge is 0.171 e. The first-order chi connectivity index (χ1) is 9.91. The van der Waals surface area contributed by atoms with Crippen LogP contribution in [0.5, 0.6) is 11.5 Å². The molecule has 0 saturated heterocycles. The van der Waals surface area contributed by atoms with Crippen LogP contribution in [-0.4, -0.2) is 33.0 Å². The van der Waals surface area contributed by atoms with Crippen LogP contribution >= 0.6 is 0 Å². The van der Waals surface area contributed by atoms with Gasteiger partial charge in [0.05, 0.1) is 17.2 Å². The molecule has 1 aromatic carbocycles. The van der Waals surface area contributed by atoms with Crippen molar-refractivity contribution in [2.45, 2.75) is 25.9 Å². The summed E-state index contributed by atoms with van der Waals surface area (Å²) >= 11 is 0. The molecule has 0 saturated carbocycles. The lowest BCUT2D eigenvalue weighted by molar-refractivity contribution is 0.0709. The normalized spacial score (nSPS) is 25.9. The van der Waals surface area contributed by atoms with E-state index in [4.69, 9.17) is 0 Å². The van der Waals surface area contributed by atoms with Crippen molar-refractivity contribution in [2.75, 3.05) is 0 Å². The average Bonchev–Trinajstić information content (AvgIpc) is 2.46. The topological polar surface area (TPSA) is 94.8 Å². The van der Waals surface area contributed by atoms with Crippen molar-refractivity contribution in [3.8, 4) is 11.5 Å². The predicted octanol–water partition coefficient (Wildman–Crippen LogP) is 1.81. The van der Waals surface area contributed by atoms with E-state index in [1.165, 1.54) is 12.1 Å². The lowest BCUT2D eigenvalue weighted by Gasteiger charge is -2.35. The number of fused-ring (bicyclic) bond motifs is 2. The number of aromatic hydroxyl groups is 2. The van der Waals surface area contributed by atoms with Gasteiger partial charge in [-0.2, -0.15) is 0 Å². The maximum Gasteiger partial charge on any atom is 0.171 e. The fourth-order valence-electron chi connectivity index (χ4n) is 3.28. The minimum atomic E-state index is -0.659. The summed E-state index contributed by atoms with van der Waals surface area (Å²) in [4.78, 5) is 25.1. The molecule has 1 aromatic rings. The first-order valence-corrected chi connectivity index (χ1v) is 6.92. The van der Waals surface area contributed by atoms with Gasteiger partial charge < -0.3 is 15.3 Å². The number of aliphatic hydroxyl groups is 1. The molecule has 3 N–H and O–H groups in total. The largest absolute Gasteiger partial charge is 0.507 e. The number of benzene rings is 1. The second kappa shape index (κ2) is 4.70. The number of rotatable bonds is 1. The van der Waals surface area contributed by atoms with E-state index in [1.54, 1.807) is 13.0 Å². The first kappa shape index (κ1) is 13.8. The molecule has 21 heavy (non-hydrogen) atoms. The fraction of sp³-hybridized carbons (Fsp3) is 0.375. The van der Waals surface area contributed by atoms with Gasteiger partial charge in [0.1, 0.15) is 11.5 Å². The number of ketones is 2. The molecule has 0 unspecified atom stereocenters. The SMILES string of the molecule is C[C@@H](O)C1=CC[C@@H]2C(=O)c3c(O)ccc(O)c3C(=O)[C@@H]2C1. The predicted molar refractivity (Wildman–Crippen MR) is 74.4 cm³/mol. The number of allylic oxidation sites excluding steroid dienone is 1. The van der Waals surface area contributed by atoms with Crippen molar-refractivity contribution in [3.63, 3.8) is 0 Å². The molecule has 0 aromatic heterocycles. The summed E-state index contributed by atoms with van der Waals surface area (Å²) in [7, 11) is 0. The third-order valence-electron chi connectivity index (χ3n) is 4.44. The highest BCUT2D eigenvalue weighted by Crippen LogP contribution is 2.44. The van der Waals surface area contributed by atoms with E-state index in [0.29, 0.717) is 12.8 Å². The molecule has 0 aliphatic heterocycles. The number of hydrogen-bond donors (Lipinski definition) is 3. The van der Waals surface area contributed by atoms with E-state index in [-0.39, 0.29) is 34.2 Å². The van der Waals surface area contributed by atoms with Crippen LogP contribution in [0.15, 0.2) is 23.8 Å². The van der Waals surface area contributed by atoms with Gasteiger partial charge in [-0.1, -0.05) is 6.08 Å². The highest BCUT2D eigenvalue weighted by molar-refractivity contribution is 6.18. The van der Waals surface area contributed by atoms with Gasteiger partial charge in [0, 0.05) is 11.8 Å². The molecule has 0 heterocycles. The standard InChI is InChI=1S/C16H16O5/c1-7(17)8-2-3-9-10(6-8)16(21)14-12(19)5-4-11(18)13(14)15(9)20/h2,4-5,7,9-10,17-19H,3,6H2,1H3/t7-,9+,10-/m1/s1. The maximum absolute atomic E-state index is 12.6. The van der Waals surface area contributed by atoms with Gasteiger partial charge in [0.25, 0.3) is 0 Å². The molecule has 0 spiro atoms. The monoisotopic (exact) mass is 288 g/mol. The molecule has 110 valence electrons. The summed E-state index contributed by atoms with van der Waals surface area (Å²) < 4.78 is 0. The van der Waals surface area contributed by atoms with Crippen LogP contribution in [-0.2, 0) is 0 Å². The average molecular weight is 288 g/mol. The van der Waals surface area contributed by atoms with Crippen LogP contribution in [0.4, 0.5) is 0 Å². The highest BCUT2D eigenvalue weighted by atomic mass is 16.3. The summed E-state index contributed by atoms with van der Waals surface area (Å²) in [6.45, 7) is 1.62. The number of hydrogen-bond acceptors (Lipinski definition) is 5. The zero-order chi connectivity index (χ0) is 15.3. The molecule has 2 aliphatic carbocycles. The Balaban J connectivity index is 2.12. The molecular formula is C16H16O5. The fourth-order valence-corrected chi connectivity index (χ4v) is 3.28. The van der Waals surface area contributed by atoms with E-state index in [0.717, 1.165) is 5.57 Å². The van der Waals surface area contributed by atoms with E-state index >= 15 is 0 Å². The minimum Gasteiger partial charge on any atom is -0.507 e. The first-order valence-electron chi connectivity index (χ1n) is 6.92. The summed E-state index contributed by atoms with van der Waals surface area (Å²) in [5, 5.41) is 29.4. The molecule has 0 bridgehead atoms. The molecule has 2 aliphatic rings. The molecule has 3 rings (SSSR count). The molecule has 0 fully saturated rings. The van der Waals surface area contributed by atoms with Crippen molar-refractivity contribution >= 4 is 11.6 Å². The Morgan fingerprint density at radius 2 is 1.57 bits per heavy atom. The van der Waals surface area contributed by atoms with Crippen molar-refractivity contribution in [3.05, 3.63) is 34.9 Å². The van der Waals surface area contributed by atoms with Gasteiger partial charge in [0.2, 0.25) is 0 Å². The van der Waals surface area contributed by atoms with Gasteiger partial charge in [0.15, 0.2) is 11.6 Å². The molecule has 0 amide bonds. The van der Waals surface area contributed by atoms with E-state index in [2.05, 4.69) is 0 Å². The van der Waals surface area contributed by atoms with E-state index < -0.39 is 17.9 Å². The maximum atomic E-state index is 12.6. The molecule has 5 nitrogen and oxygen atoms in total. The van der Waals surface area contributed by atoms with Crippen molar-refractivity contribution in [2.24, 2.45) is 11.8 Å². The van der Waals surface area contributed by atoms with Crippen LogP contribution < -0.4 is 0 Å². The van der Waals surface area contributed by atoms with Crippen LogP contribution in [0.1, 0.15) is 40.5 Å². The minimum absolute atomic E-state index is 0.0739. The lowest BCUT2D eigenvalue weighted by atomic mass is 9.67. The van der Waals surface area contributed by atoms with E-state index in [1.807, 2.05) is 0 Å². The number of carbonyl (C=O) groups is 2. The number of aliphatic hydroxyl groups excluding tert-OH is 1. The zero-order valence-electron chi connectivity index (χ0n) is 11.5. The van der Waals surface area contributed by atoms with Gasteiger partial charge in [-0.05, 0) is 37.5 Å². The van der Waals surface area contributed by atoms with Gasteiger partial charge in [-0.25, -0.2) is 0 Å². The Labute approximate surface area is 121 Å². The van der Waals surface area contributed by atoms with Gasteiger partial charge in [-0.3, -0.25) is 9.59 Å². The lowest BCUT2D eigenvalue weighted by Crippen LogP contribution is -2.39. The van der Waals surface area contributed by atoms with Crippen LogP contribution in [0.25, 0.3) is 0 Å². The second-order valence-corrected chi connectivity index (χ2v) is 5.69. The van der Waals surface area contributed by atoms with Crippen molar-refractivity contribution in [1.82, 2.24) is 0 Å². The number of phenolic OH excluding ortho intramolecular Hbond substituents is 2. The number of Topliss-reactive ketones (excluding diaryl/α,β-unsaturated/α-hetero) is 2. The molecule has 0 radical (unpaired) electrons. The van der Waals surface area contributed by atoms with Gasteiger partial charge >= 0.3 is 0 Å². The molecular weight excluding hydrogens is 272 g/mol. The second-order valence-electron chi connectivity index (χ2n) is 5.69. The Bertz CT molecular complexity index is 671. The highest BCUT2D eigenvalue weighted by Gasteiger charge is 2.45. The van der Waals surface area contributed by atoms with E-state index in [9.17, 15) is 24.9 Å². The zero-order valence-corrected chi connectivity index (χ0v) is 11.5. The molecule has 3 atom stereocenters. The quantitative estimate of drug-likeness (QED) is 0.541. The molecule has 5 heteroatoms. The summed E-state index contributed by atoms with van der Waals surface area (Å²) in [6, 6.07) is 2.44. The van der Waals surface area contributed by atoms with Crippen LogP contribution in [0.3, 0.4) is 0 Å². The summed E-state index contributed by atoms with van der Waals surface area (Å²) in [5.41, 5.74) is 0.573. The third kappa shape index (κ3) is 1.96. The number of phenols is 2. The number of carbonyl (C=O) groups excluding carboxylic acids is 2. The Morgan fingerprint density at radius 1 is 1.05 bits per heavy atom. The Kier molecular flexibility index (Phi) is 3.10. The Morgan fingerprint density at radius 3 is 2.10 bits per heavy atom. The van der Waals surface area contributed by atoms with Crippen molar-refractivity contribution < 1.29 is 24.9 Å². The Hall–Kier alpha value is -2.14. The summed E-state index contributed by atoms with van der Waals surface area (Å²) in [5.74, 6) is -2.32. The third-order valence-corrected chi connectivity index (χ3v) is 4.44. The van der Waals surface area contributed by atoms with Gasteiger partial charge in [-0.15, -0.1) is 0 Å².